The molecule has 0 aliphatic rings. The van der Waals surface area contributed by atoms with Gasteiger partial charge in [-0.25, -0.2) is 0 Å². The third-order valence-corrected chi connectivity index (χ3v) is 5.56. The van der Waals surface area contributed by atoms with Crippen LogP contribution in [0, 0.1) is 21.6 Å². The molecule has 0 unspecified atom stereocenters. The average Bonchev–Trinajstić information content (AvgIpc) is 2.63. The fourth-order valence-electron chi connectivity index (χ4n) is 1.94. The standard InChI is InChI=1S/C17H22N6O3S3/c1-10(24)26-14(11-5-3-2-4-6-11)15(25)23-17(22)29-12(18)7-8-27-9-13(19)28-16(20)21/h2-6,14,18-19H,7-9H2,1H3,(H3,20,21)(H2,22,23,25)/t14-/m1/s1. The third-order valence-electron chi connectivity index (χ3n) is 3.03. The van der Waals surface area contributed by atoms with E-state index in [1.807, 2.05) is 0 Å². The van der Waals surface area contributed by atoms with Crippen LogP contribution in [-0.2, 0) is 14.3 Å². The van der Waals surface area contributed by atoms with Crippen LogP contribution in [0.1, 0.15) is 25.0 Å². The van der Waals surface area contributed by atoms with Crippen molar-refractivity contribution in [2.75, 3.05) is 11.5 Å². The predicted molar refractivity (Wildman–Crippen MR) is 121 cm³/mol. The molecular formula is C17H22N6O3S3. The SMILES string of the molecule is CC(=O)O[C@@H](C(=O)NC(=N)SC(=N)CCSCC(=N)SC(=N)N)c1ccccc1. The summed E-state index contributed by atoms with van der Waals surface area (Å²) in [6.45, 7) is 1.20. The van der Waals surface area contributed by atoms with Crippen molar-refractivity contribution in [1.29, 1.82) is 21.6 Å². The van der Waals surface area contributed by atoms with E-state index in [0.717, 1.165) is 23.5 Å². The molecule has 0 aromatic heterocycles. The zero-order chi connectivity index (χ0) is 21.8. The van der Waals surface area contributed by atoms with Crippen molar-refractivity contribution in [3.63, 3.8) is 0 Å². The molecule has 1 amide bonds. The Balaban J connectivity index is 2.45. The first-order valence-corrected chi connectivity index (χ1v) is 11.0. The molecule has 0 fully saturated rings. The zero-order valence-corrected chi connectivity index (χ0v) is 18.1. The Morgan fingerprint density at radius 2 is 1.76 bits per heavy atom. The Kier molecular flexibility index (Phi) is 11.1. The van der Waals surface area contributed by atoms with Crippen LogP contribution in [-0.4, -0.2) is 43.8 Å². The molecule has 0 saturated heterocycles. The van der Waals surface area contributed by atoms with Gasteiger partial charge in [0.05, 0.1) is 10.1 Å². The number of hydrogen-bond acceptors (Lipinski definition) is 10. The highest BCUT2D eigenvalue weighted by atomic mass is 32.2. The molecule has 156 valence electrons. The second-order valence-corrected chi connectivity index (χ2v) is 8.78. The molecule has 29 heavy (non-hydrogen) atoms. The van der Waals surface area contributed by atoms with Crippen LogP contribution in [0.15, 0.2) is 30.3 Å². The topological polar surface area (TPSA) is 177 Å². The maximum Gasteiger partial charge on any atom is 0.303 e. The van der Waals surface area contributed by atoms with E-state index in [9.17, 15) is 9.59 Å². The minimum atomic E-state index is -1.18. The summed E-state index contributed by atoms with van der Waals surface area (Å²) in [5.74, 6) is -0.349. The number of nitrogens with two attached hydrogens (primary N) is 1. The molecule has 0 heterocycles. The highest BCUT2D eigenvalue weighted by Gasteiger charge is 2.24. The van der Waals surface area contributed by atoms with Gasteiger partial charge in [0, 0.05) is 24.7 Å². The number of amidine groups is 2. The van der Waals surface area contributed by atoms with Crippen molar-refractivity contribution in [2.45, 2.75) is 19.4 Å². The Morgan fingerprint density at radius 1 is 1.10 bits per heavy atom. The zero-order valence-electron chi connectivity index (χ0n) is 15.6. The molecule has 1 atom stereocenters. The molecule has 0 spiro atoms. The molecule has 0 radical (unpaired) electrons. The van der Waals surface area contributed by atoms with Crippen molar-refractivity contribution >= 4 is 67.6 Å². The highest BCUT2D eigenvalue weighted by molar-refractivity contribution is 8.27. The molecule has 1 aromatic carbocycles. The van der Waals surface area contributed by atoms with Crippen molar-refractivity contribution in [3.05, 3.63) is 35.9 Å². The summed E-state index contributed by atoms with van der Waals surface area (Å²) in [5, 5.41) is 32.9. The highest BCUT2D eigenvalue weighted by Crippen LogP contribution is 2.19. The monoisotopic (exact) mass is 454 g/mol. The van der Waals surface area contributed by atoms with Gasteiger partial charge < -0.3 is 15.8 Å². The van der Waals surface area contributed by atoms with Crippen LogP contribution in [0.5, 0.6) is 0 Å². The third kappa shape index (κ3) is 10.7. The second-order valence-electron chi connectivity index (χ2n) is 5.44. The molecule has 7 N–H and O–H groups in total. The maximum absolute atomic E-state index is 12.4. The summed E-state index contributed by atoms with van der Waals surface area (Å²) in [5.41, 5.74) is 5.68. The number of nitrogens with one attached hydrogen (secondary N) is 5. The molecule has 0 saturated carbocycles. The van der Waals surface area contributed by atoms with Gasteiger partial charge in [-0.3, -0.25) is 31.2 Å². The van der Waals surface area contributed by atoms with E-state index >= 15 is 0 Å². The summed E-state index contributed by atoms with van der Waals surface area (Å²) in [4.78, 5) is 23.7. The van der Waals surface area contributed by atoms with E-state index in [0.29, 0.717) is 23.5 Å². The first-order valence-electron chi connectivity index (χ1n) is 8.23. The number of hydrogen-bond donors (Lipinski definition) is 6. The van der Waals surface area contributed by atoms with E-state index in [2.05, 4.69) is 5.32 Å². The van der Waals surface area contributed by atoms with Gasteiger partial charge in [-0.2, -0.15) is 11.8 Å². The smallest absolute Gasteiger partial charge is 0.303 e. The molecule has 0 aliphatic heterocycles. The number of benzene rings is 1. The molecule has 0 bridgehead atoms. The fourth-order valence-corrected chi connectivity index (χ4v) is 4.10. The van der Waals surface area contributed by atoms with Crippen LogP contribution in [0.2, 0.25) is 0 Å². The fraction of sp³-hybridized carbons (Fsp3) is 0.294. The summed E-state index contributed by atoms with van der Waals surface area (Å²) >= 11 is 3.09. The van der Waals surface area contributed by atoms with Gasteiger partial charge in [-0.1, -0.05) is 30.3 Å². The van der Waals surface area contributed by atoms with E-state index < -0.39 is 18.0 Å². The van der Waals surface area contributed by atoms with Gasteiger partial charge in [-0.15, -0.1) is 0 Å². The molecule has 1 aromatic rings. The lowest BCUT2D eigenvalue weighted by atomic mass is 10.1. The molecule has 9 nitrogen and oxygen atoms in total. The van der Waals surface area contributed by atoms with Crippen molar-refractivity contribution in [3.8, 4) is 0 Å². The van der Waals surface area contributed by atoms with Crippen LogP contribution in [0.4, 0.5) is 0 Å². The first-order chi connectivity index (χ1) is 13.7. The van der Waals surface area contributed by atoms with Crippen LogP contribution in [0.3, 0.4) is 0 Å². The summed E-state index contributed by atoms with van der Waals surface area (Å²) in [6, 6.07) is 8.47. The number of thioether (sulfide) groups is 3. The number of amides is 1. The van der Waals surface area contributed by atoms with Gasteiger partial charge in [0.2, 0.25) is 6.10 Å². The number of esters is 1. The lowest BCUT2D eigenvalue weighted by Gasteiger charge is -2.17. The Hall–Kier alpha value is -2.31. The van der Waals surface area contributed by atoms with Crippen LogP contribution < -0.4 is 11.1 Å². The average molecular weight is 455 g/mol. The van der Waals surface area contributed by atoms with Gasteiger partial charge >= 0.3 is 5.97 Å². The largest absolute Gasteiger partial charge is 0.447 e. The Bertz CT molecular complexity index is 788. The summed E-state index contributed by atoms with van der Waals surface area (Å²) < 4.78 is 5.07. The normalized spacial score (nSPS) is 11.2. The van der Waals surface area contributed by atoms with Crippen LogP contribution in [0.25, 0.3) is 0 Å². The van der Waals surface area contributed by atoms with Crippen molar-refractivity contribution in [1.82, 2.24) is 5.32 Å². The van der Waals surface area contributed by atoms with Crippen molar-refractivity contribution < 1.29 is 14.3 Å². The lowest BCUT2D eigenvalue weighted by Crippen LogP contribution is -2.35. The van der Waals surface area contributed by atoms with Gasteiger partial charge in [0.25, 0.3) is 5.91 Å². The maximum atomic E-state index is 12.4. The molecular weight excluding hydrogens is 432 g/mol. The van der Waals surface area contributed by atoms with E-state index in [1.54, 1.807) is 30.3 Å². The van der Waals surface area contributed by atoms with Gasteiger partial charge in [-0.05, 0) is 29.3 Å². The molecule has 1 rings (SSSR count). The van der Waals surface area contributed by atoms with Gasteiger partial charge in [0.1, 0.15) is 0 Å². The minimum absolute atomic E-state index is 0.134. The van der Waals surface area contributed by atoms with E-state index in [4.69, 9.17) is 32.1 Å². The quantitative estimate of drug-likeness (QED) is 0.151. The number of ether oxygens (including phenoxy) is 1. The van der Waals surface area contributed by atoms with Gasteiger partial charge in [0.15, 0.2) is 10.3 Å². The van der Waals surface area contributed by atoms with E-state index in [-0.39, 0.29) is 20.4 Å². The minimum Gasteiger partial charge on any atom is -0.447 e. The Morgan fingerprint density at radius 3 is 2.34 bits per heavy atom. The van der Waals surface area contributed by atoms with Crippen LogP contribution >= 0.6 is 35.3 Å². The Labute approximate surface area is 181 Å². The first kappa shape index (κ1) is 24.7. The number of carbonyl (C=O) groups is 2. The molecule has 0 aliphatic carbocycles. The van der Waals surface area contributed by atoms with Crippen molar-refractivity contribution in [2.24, 2.45) is 5.73 Å². The van der Waals surface area contributed by atoms with E-state index in [1.165, 1.54) is 18.7 Å². The predicted octanol–water partition coefficient (Wildman–Crippen LogP) is 2.78. The number of rotatable bonds is 8. The number of carbonyl (C=O) groups excluding carboxylic acids is 2. The lowest BCUT2D eigenvalue weighted by molar-refractivity contribution is -0.153. The summed E-state index contributed by atoms with van der Waals surface area (Å²) in [7, 11) is 0. The second kappa shape index (κ2) is 13.0. The summed E-state index contributed by atoms with van der Waals surface area (Å²) in [6.07, 6.45) is -0.818. The molecule has 12 heteroatoms.